The van der Waals surface area contributed by atoms with Crippen LogP contribution in [0.4, 0.5) is 0 Å². The summed E-state index contributed by atoms with van der Waals surface area (Å²) in [4.78, 5) is 0. The first-order valence-electron chi connectivity index (χ1n) is 7.16. The Labute approximate surface area is 126 Å². The van der Waals surface area contributed by atoms with Crippen molar-refractivity contribution in [2.45, 2.75) is 25.9 Å². The van der Waals surface area contributed by atoms with E-state index < -0.39 is 6.10 Å². The standard InChI is InChI=1S/C18H22O3/c1-4-13-8-10-14(11-9-13)12-15(19)18-16(20-2)6-5-7-17(18)21-3/h5-11,15,19H,4,12H2,1-3H3. The Hall–Kier alpha value is -2.00. The highest BCUT2D eigenvalue weighted by molar-refractivity contribution is 5.46. The molecule has 0 amide bonds. The highest BCUT2D eigenvalue weighted by atomic mass is 16.5. The van der Waals surface area contributed by atoms with Crippen LogP contribution in [0.5, 0.6) is 11.5 Å². The second-order valence-corrected chi connectivity index (χ2v) is 4.97. The summed E-state index contributed by atoms with van der Waals surface area (Å²) >= 11 is 0. The first-order chi connectivity index (χ1) is 10.2. The first kappa shape index (κ1) is 15.4. The number of hydrogen-bond donors (Lipinski definition) is 1. The zero-order valence-electron chi connectivity index (χ0n) is 12.8. The van der Waals surface area contributed by atoms with Crippen molar-refractivity contribution >= 4 is 0 Å². The summed E-state index contributed by atoms with van der Waals surface area (Å²) in [5.74, 6) is 1.29. The third-order valence-corrected chi connectivity index (χ3v) is 3.66. The number of rotatable bonds is 6. The monoisotopic (exact) mass is 286 g/mol. The molecule has 0 aromatic heterocycles. The average Bonchev–Trinajstić information content (AvgIpc) is 2.54. The average molecular weight is 286 g/mol. The Morgan fingerprint density at radius 2 is 1.43 bits per heavy atom. The van der Waals surface area contributed by atoms with Gasteiger partial charge in [0.25, 0.3) is 0 Å². The van der Waals surface area contributed by atoms with Gasteiger partial charge in [0, 0.05) is 6.42 Å². The lowest BCUT2D eigenvalue weighted by Gasteiger charge is -2.18. The molecule has 0 fully saturated rings. The van der Waals surface area contributed by atoms with Gasteiger partial charge in [-0.1, -0.05) is 37.3 Å². The van der Waals surface area contributed by atoms with Gasteiger partial charge in [0.1, 0.15) is 11.5 Å². The maximum absolute atomic E-state index is 10.6. The Bertz CT molecular complexity index is 553. The van der Waals surface area contributed by atoms with Gasteiger partial charge in [-0.25, -0.2) is 0 Å². The van der Waals surface area contributed by atoms with Gasteiger partial charge in [0.05, 0.1) is 25.9 Å². The molecule has 0 aliphatic rings. The van der Waals surface area contributed by atoms with Crippen LogP contribution in [0, 0.1) is 0 Å². The molecule has 0 saturated carbocycles. The zero-order valence-corrected chi connectivity index (χ0v) is 12.8. The molecule has 112 valence electrons. The molecule has 0 aliphatic carbocycles. The molecule has 0 spiro atoms. The molecule has 2 aromatic carbocycles. The van der Waals surface area contributed by atoms with Crippen LogP contribution in [-0.2, 0) is 12.8 Å². The van der Waals surface area contributed by atoms with Crippen LogP contribution < -0.4 is 9.47 Å². The van der Waals surface area contributed by atoms with E-state index in [1.807, 2.05) is 18.2 Å². The van der Waals surface area contributed by atoms with Crippen molar-refractivity contribution < 1.29 is 14.6 Å². The van der Waals surface area contributed by atoms with Crippen LogP contribution in [0.15, 0.2) is 42.5 Å². The number of ether oxygens (including phenoxy) is 2. The lowest BCUT2D eigenvalue weighted by molar-refractivity contribution is 0.169. The van der Waals surface area contributed by atoms with Crippen molar-refractivity contribution in [3.63, 3.8) is 0 Å². The molecule has 0 aliphatic heterocycles. The summed E-state index contributed by atoms with van der Waals surface area (Å²) in [6.45, 7) is 2.13. The van der Waals surface area contributed by atoms with Crippen molar-refractivity contribution in [2.24, 2.45) is 0 Å². The van der Waals surface area contributed by atoms with Crippen LogP contribution in [0.1, 0.15) is 29.7 Å². The van der Waals surface area contributed by atoms with E-state index in [2.05, 4.69) is 31.2 Å². The van der Waals surface area contributed by atoms with Crippen molar-refractivity contribution in [3.8, 4) is 11.5 Å². The van der Waals surface area contributed by atoms with Gasteiger partial charge in [-0.2, -0.15) is 0 Å². The third kappa shape index (κ3) is 3.56. The number of aryl methyl sites for hydroxylation is 1. The molecular weight excluding hydrogens is 264 g/mol. The molecule has 1 unspecified atom stereocenters. The molecule has 3 heteroatoms. The second-order valence-electron chi connectivity index (χ2n) is 4.97. The molecule has 0 radical (unpaired) electrons. The normalized spacial score (nSPS) is 12.0. The smallest absolute Gasteiger partial charge is 0.128 e. The molecule has 1 atom stereocenters. The number of aliphatic hydroxyl groups excluding tert-OH is 1. The van der Waals surface area contributed by atoms with E-state index in [1.165, 1.54) is 5.56 Å². The summed E-state index contributed by atoms with van der Waals surface area (Å²) in [6, 6.07) is 13.8. The second kappa shape index (κ2) is 7.14. The van der Waals surface area contributed by atoms with Crippen molar-refractivity contribution in [2.75, 3.05) is 14.2 Å². The Morgan fingerprint density at radius 3 is 1.90 bits per heavy atom. The molecular formula is C18H22O3. The first-order valence-corrected chi connectivity index (χ1v) is 7.16. The van der Waals surface area contributed by atoms with E-state index in [0.717, 1.165) is 12.0 Å². The molecule has 2 aromatic rings. The van der Waals surface area contributed by atoms with Crippen LogP contribution in [0.2, 0.25) is 0 Å². The summed E-state index contributed by atoms with van der Waals surface area (Å²) in [5.41, 5.74) is 3.08. The zero-order chi connectivity index (χ0) is 15.2. The fourth-order valence-corrected chi connectivity index (χ4v) is 2.44. The largest absolute Gasteiger partial charge is 0.496 e. The highest BCUT2D eigenvalue weighted by Crippen LogP contribution is 2.35. The molecule has 0 saturated heterocycles. The molecule has 21 heavy (non-hydrogen) atoms. The predicted octanol–water partition coefficient (Wildman–Crippen LogP) is 3.54. The van der Waals surface area contributed by atoms with E-state index in [4.69, 9.17) is 9.47 Å². The van der Waals surface area contributed by atoms with Crippen LogP contribution in [0.3, 0.4) is 0 Å². The molecule has 3 nitrogen and oxygen atoms in total. The summed E-state index contributed by atoms with van der Waals surface area (Å²) in [7, 11) is 3.20. The molecule has 1 N–H and O–H groups in total. The van der Waals surface area contributed by atoms with E-state index in [9.17, 15) is 5.11 Å². The van der Waals surface area contributed by atoms with Gasteiger partial charge in [-0.15, -0.1) is 0 Å². The van der Waals surface area contributed by atoms with Gasteiger partial charge < -0.3 is 14.6 Å². The Morgan fingerprint density at radius 1 is 0.905 bits per heavy atom. The summed E-state index contributed by atoms with van der Waals surface area (Å²) in [5, 5.41) is 10.6. The minimum absolute atomic E-state index is 0.528. The number of benzene rings is 2. The SMILES string of the molecule is CCc1ccc(CC(O)c2c(OC)cccc2OC)cc1. The van der Waals surface area contributed by atoms with Gasteiger partial charge in [0.2, 0.25) is 0 Å². The predicted molar refractivity (Wildman–Crippen MR) is 84.0 cm³/mol. The number of aliphatic hydroxyl groups is 1. The van der Waals surface area contributed by atoms with E-state index in [0.29, 0.717) is 23.5 Å². The fraction of sp³-hybridized carbons (Fsp3) is 0.333. The van der Waals surface area contributed by atoms with E-state index >= 15 is 0 Å². The molecule has 2 rings (SSSR count). The lowest BCUT2D eigenvalue weighted by Crippen LogP contribution is -2.06. The van der Waals surface area contributed by atoms with Gasteiger partial charge >= 0.3 is 0 Å². The lowest BCUT2D eigenvalue weighted by atomic mass is 9.98. The van der Waals surface area contributed by atoms with Gasteiger partial charge in [0.15, 0.2) is 0 Å². The molecule has 0 bridgehead atoms. The summed E-state index contributed by atoms with van der Waals surface area (Å²) < 4.78 is 10.7. The van der Waals surface area contributed by atoms with Gasteiger partial charge in [-0.3, -0.25) is 0 Å². The molecule has 0 heterocycles. The van der Waals surface area contributed by atoms with Crippen molar-refractivity contribution in [1.82, 2.24) is 0 Å². The van der Waals surface area contributed by atoms with Crippen molar-refractivity contribution in [3.05, 3.63) is 59.2 Å². The quantitative estimate of drug-likeness (QED) is 0.882. The van der Waals surface area contributed by atoms with Crippen molar-refractivity contribution in [1.29, 1.82) is 0 Å². The summed E-state index contributed by atoms with van der Waals surface area (Å²) in [6.07, 6.45) is 0.882. The number of methoxy groups -OCH3 is 2. The van der Waals surface area contributed by atoms with Crippen LogP contribution in [0.25, 0.3) is 0 Å². The maximum Gasteiger partial charge on any atom is 0.128 e. The van der Waals surface area contributed by atoms with E-state index in [1.54, 1.807) is 14.2 Å². The number of hydrogen-bond acceptors (Lipinski definition) is 3. The van der Waals surface area contributed by atoms with Crippen LogP contribution >= 0.6 is 0 Å². The topological polar surface area (TPSA) is 38.7 Å². The Balaban J connectivity index is 2.24. The minimum Gasteiger partial charge on any atom is -0.496 e. The van der Waals surface area contributed by atoms with Gasteiger partial charge in [-0.05, 0) is 29.7 Å². The maximum atomic E-state index is 10.6. The minimum atomic E-state index is -0.663. The van der Waals surface area contributed by atoms with Crippen LogP contribution in [-0.4, -0.2) is 19.3 Å². The fourth-order valence-electron chi connectivity index (χ4n) is 2.44. The third-order valence-electron chi connectivity index (χ3n) is 3.66. The van der Waals surface area contributed by atoms with E-state index in [-0.39, 0.29) is 0 Å². The highest BCUT2D eigenvalue weighted by Gasteiger charge is 2.19. The Kier molecular flexibility index (Phi) is 5.23.